The van der Waals surface area contributed by atoms with Crippen molar-refractivity contribution in [1.82, 2.24) is 4.31 Å². The largest absolute Gasteiger partial charge is 0.229 e. The van der Waals surface area contributed by atoms with Crippen LogP contribution in [0.3, 0.4) is 0 Å². The van der Waals surface area contributed by atoms with Crippen molar-refractivity contribution in [3.63, 3.8) is 0 Å². The van der Waals surface area contributed by atoms with Gasteiger partial charge in [-0.3, -0.25) is 0 Å². The molecule has 0 aromatic heterocycles. The lowest BCUT2D eigenvalue weighted by molar-refractivity contribution is 0.397. The van der Waals surface area contributed by atoms with Gasteiger partial charge in [0.05, 0.1) is 17.8 Å². The van der Waals surface area contributed by atoms with Crippen molar-refractivity contribution in [1.29, 1.82) is 0 Å². The third kappa shape index (κ3) is 2.65. The van der Waals surface area contributed by atoms with Gasteiger partial charge in [-0.15, -0.1) is 0 Å². The molecule has 1 unspecified atom stereocenters. The number of rotatable bonds is 2. The van der Waals surface area contributed by atoms with Crippen LogP contribution in [0.1, 0.15) is 6.42 Å². The zero-order valence-corrected chi connectivity index (χ0v) is 9.23. The van der Waals surface area contributed by atoms with Gasteiger partial charge in [0.1, 0.15) is 0 Å². The molecule has 1 aliphatic rings. The lowest BCUT2D eigenvalue weighted by Gasteiger charge is -2.19. The summed E-state index contributed by atoms with van der Waals surface area (Å²) in [7, 11) is -4.86. The molecule has 1 fully saturated rings. The second-order valence-corrected chi connectivity index (χ2v) is 7.61. The lowest BCUT2D eigenvalue weighted by atomic mass is 10.3. The summed E-state index contributed by atoms with van der Waals surface area (Å²) in [5.41, 5.74) is 0. The van der Waals surface area contributed by atoms with Crippen molar-refractivity contribution in [2.24, 2.45) is 0 Å². The van der Waals surface area contributed by atoms with E-state index < -0.39 is 19.9 Å². The summed E-state index contributed by atoms with van der Waals surface area (Å²) < 4.78 is 45.4. The molecule has 0 aromatic carbocycles. The summed E-state index contributed by atoms with van der Waals surface area (Å²) in [4.78, 5) is 0. The predicted octanol–water partition coefficient (Wildman–Crippen LogP) is -0.935. The molecule has 1 aliphatic heterocycles. The van der Waals surface area contributed by atoms with Crippen LogP contribution in [-0.4, -0.2) is 52.0 Å². The van der Waals surface area contributed by atoms with Crippen molar-refractivity contribution in [3.8, 4) is 0 Å². The Hall–Kier alpha value is -0.140. The van der Waals surface area contributed by atoms with Gasteiger partial charge in [-0.05, 0) is 6.42 Å². The first-order chi connectivity index (χ1) is 5.72. The summed E-state index contributed by atoms with van der Waals surface area (Å²) in [6.07, 6.45) is 1.49. The maximum absolute atomic E-state index is 11.1. The maximum atomic E-state index is 11.1. The Morgan fingerprint density at radius 3 is 2.23 bits per heavy atom. The standard InChI is InChI=1S/C6H13NO4S2/c1-7(12(2,8)9)6-3-4-13(10,11)5-6/h6H,3-5H2,1-2H3. The highest BCUT2D eigenvalue weighted by molar-refractivity contribution is 7.92. The number of nitrogens with zero attached hydrogens (tertiary/aromatic N) is 1. The summed E-state index contributed by atoms with van der Waals surface area (Å²) >= 11 is 0. The molecule has 1 saturated heterocycles. The third-order valence-corrected chi connectivity index (χ3v) is 5.34. The van der Waals surface area contributed by atoms with Crippen LogP contribution < -0.4 is 0 Å². The van der Waals surface area contributed by atoms with Crippen LogP contribution in [-0.2, 0) is 19.9 Å². The molecule has 0 N–H and O–H groups in total. The SMILES string of the molecule is CN(C1CCS(=O)(=O)C1)S(C)(=O)=O. The normalized spacial score (nSPS) is 28.1. The van der Waals surface area contributed by atoms with Gasteiger partial charge in [0.15, 0.2) is 9.84 Å². The Morgan fingerprint density at radius 2 is 1.92 bits per heavy atom. The molecule has 7 heteroatoms. The molecular weight excluding hydrogens is 214 g/mol. The zero-order valence-electron chi connectivity index (χ0n) is 7.60. The van der Waals surface area contributed by atoms with Crippen LogP contribution in [0.5, 0.6) is 0 Å². The fourth-order valence-corrected chi connectivity index (χ4v) is 3.92. The molecule has 5 nitrogen and oxygen atoms in total. The first-order valence-corrected chi connectivity index (χ1v) is 7.53. The minimum absolute atomic E-state index is 0.0451. The second kappa shape index (κ2) is 3.21. The molecule has 0 spiro atoms. The second-order valence-electron chi connectivity index (χ2n) is 3.34. The Balaban J connectivity index is 2.79. The Morgan fingerprint density at radius 1 is 1.38 bits per heavy atom. The molecule has 0 radical (unpaired) electrons. The van der Waals surface area contributed by atoms with Gasteiger partial charge in [0.25, 0.3) is 0 Å². The quantitative estimate of drug-likeness (QED) is 0.610. The van der Waals surface area contributed by atoms with Crippen LogP contribution in [0.15, 0.2) is 0 Å². The minimum Gasteiger partial charge on any atom is -0.229 e. The van der Waals surface area contributed by atoms with Crippen molar-refractivity contribution < 1.29 is 16.8 Å². The van der Waals surface area contributed by atoms with Gasteiger partial charge in [0.2, 0.25) is 10.0 Å². The van der Waals surface area contributed by atoms with Crippen LogP contribution >= 0.6 is 0 Å². The number of sulfonamides is 1. The predicted molar refractivity (Wildman–Crippen MR) is 49.7 cm³/mol. The van der Waals surface area contributed by atoms with E-state index in [1.165, 1.54) is 7.05 Å². The fourth-order valence-electron chi connectivity index (χ4n) is 1.33. The monoisotopic (exact) mass is 227 g/mol. The van der Waals surface area contributed by atoms with E-state index >= 15 is 0 Å². The van der Waals surface area contributed by atoms with Crippen LogP contribution in [0, 0.1) is 0 Å². The van der Waals surface area contributed by atoms with Gasteiger partial charge >= 0.3 is 0 Å². The summed E-state index contributed by atoms with van der Waals surface area (Å²) in [5.74, 6) is 0.0497. The van der Waals surface area contributed by atoms with Gasteiger partial charge in [-0.25, -0.2) is 21.1 Å². The van der Waals surface area contributed by atoms with Gasteiger partial charge in [-0.1, -0.05) is 0 Å². The molecule has 1 heterocycles. The van der Waals surface area contributed by atoms with E-state index in [9.17, 15) is 16.8 Å². The fraction of sp³-hybridized carbons (Fsp3) is 1.00. The third-order valence-electron chi connectivity index (χ3n) is 2.25. The van der Waals surface area contributed by atoms with E-state index in [-0.39, 0.29) is 17.5 Å². The Bertz CT molecular complexity index is 383. The highest BCUT2D eigenvalue weighted by Crippen LogP contribution is 2.18. The molecule has 78 valence electrons. The molecule has 0 aliphatic carbocycles. The average molecular weight is 227 g/mol. The van der Waals surface area contributed by atoms with E-state index in [1.807, 2.05) is 0 Å². The van der Waals surface area contributed by atoms with E-state index in [1.54, 1.807) is 0 Å². The number of hydrogen-bond donors (Lipinski definition) is 0. The molecule has 0 aromatic rings. The summed E-state index contributed by atoms with van der Waals surface area (Å²) in [6.45, 7) is 0. The molecule has 0 amide bonds. The first-order valence-electron chi connectivity index (χ1n) is 3.86. The molecule has 1 atom stereocenters. The smallest absolute Gasteiger partial charge is 0.211 e. The maximum Gasteiger partial charge on any atom is 0.211 e. The van der Waals surface area contributed by atoms with Crippen molar-refractivity contribution in [3.05, 3.63) is 0 Å². The van der Waals surface area contributed by atoms with Gasteiger partial charge < -0.3 is 0 Å². The molecule has 1 rings (SSSR count). The first kappa shape index (κ1) is 10.9. The highest BCUT2D eigenvalue weighted by Gasteiger charge is 2.33. The topological polar surface area (TPSA) is 71.5 Å². The van der Waals surface area contributed by atoms with Gasteiger partial charge in [-0.2, -0.15) is 0 Å². The number of hydrogen-bond acceptors (Lipinski definition) is 4. The summed E-state index contributed by atoms with van der Waals surface area (Å²) in [6, 6.07) is -0.375. The van der Waals surface area contributed by atoms with Crippen LogP contribution in [0.25, 0.3) is 0 Å². The van der Waals surface area contributed by atoms with E-state index in [0.29, 0.717) is 6.42 Å². The zero-order chi connectivity index (χ0) is 10.3. The Labute approximate surface area is 78.7 Å². The molecule has 0 saturated carbocycles. The lowest BCUT2D eigenvalue weighted by Crippen LogP contribution is -2.36. The van der Waals surface area contributed by atoms with Crippen molar-refractivity contribution >= 4 is 19.9 Å². The van der Waals surface area contributed by atoms with Crippen LogP contribution in [0.4, 0.5) is 0 Å². The van der Waals surface area contributed by atoms with Crippen molar-refractivity contribution in [2.45, 2.75) is 12.5 Å². The molecular formula is C6H13NO4S2. The van der Waals surface area contributed by atoms with E-state index in [2.05, 4.69) is 0 Å². The summed E-state index contributed by atoms with van der Waals surface area (Å²) in [5, 5.41) is 0. The van der Waals surface area contributed by atoms with E-state index in [4.69, 9.17) is 0 Å². The molecule has 13 heavy (non-hydrogen) atoms. The average Bonchev–Trinajstić information content (AvgIpc) is 2.26. The van der Waals surface area contributed by atoms with E-state index in [0.717, 1.165) is 10.6 Å². The minimum atomic E-state index is -3.27. The van der Waals surface area contributed by atoms with Crippen LogP contribution in [0.2, 0.25) is 0 Å². The highest BCUT2D eigenvalue weighted by atomic mass is 32.2. The van der Waals surface area contributed by atoms with Gasteiger partial charge in [0, 0.05) is 13.1 Å². The molecule has 0 bridgehead atoms. The Kier molecular flexibility index (Phi) is 2.70. The van der Waals surface area contributed by atoms with Crippen molar-refractivity contribution in [2.75, 3.05) is 24.8 Å². The number of sulfone groups is 1.